The molecule has 2 unspecified atom stereocenters. The predicted octanol–water partition coefficient (Wildman–Crippen LogP) is 1.91. The third-order valence-electron chi connectivity index (χ3n) is 2.42. The van der Waals surface area contributed by atoms with E-state index < -0.39 is 17.3 Å². The first-order valence-corrected chi connectivity index (χ1v) is 5.41. The molecular formula is C12H15N3O2. The molecule has 90 valence electrons. The van der Waals surface area contributed by atoms with Crippen LogP contribution in [0.1, 0.15) is 33.1 Å². The van der Waals surface area contributed by atoms with E-state index in [1.807, 2.05) is 18.2 Å². The Hall–Kier alpha value is -2.06. The molecule has 0 spiro atoms. The summed E-state index contributed by atoms with van der Waals surface area (Å²) in [5.41, 5.74) is -1.37. The van der Waals surface area contributed by atoms with Gasteiger partial charge in [-0.2, -0.15) is 15.8 Å². The standard InChI is InChI=1S/C12H15N3O2/c1-3-17-11(16)12(9-15,5-4-6-13)7-10(2)8-14/h10H,3-5,7H2,1-2H3. The highest BCUT2D eigenvalue weighted by Crippen LogP contribution is 2.32. The van der Waals surface area contributed by atoms with Crippen LogP contribution in [0.15, 0.2) is 0 Å². The fourth-order valence-electron chi connectivity index (χ4n) is 1.54. The minimum atomic E-state index is -1.37. The molecule has 2 atom stereocenters. The van der Waals surface area contributed by atoms with Crippen LogP contribution in [-0.4, -0.2) is 12.6 Å². The number of nitriles is 3. The Kier molecular flexibility index (Phi) is 6.37. The molecule has 0 amide bonds. The predicted molar refractivity (Wildman–Crippen MR) is 58.9 cm³/mol. The van der Waals surface area contributed by atoms with Crippen LogP contribution in [0.4, 0.5) is 0 Å². The van der Waals surface area contributed by atoms with Gasteiger partial charge in [-0.25, -0.2) is 0 Å². The van der Waals surface area contributed by atoms with E-state index in [0.29, 0.717) is 0 Å². The lowest BCUT2D eigenvalue weighted by Crippen LogP contribution is -2.33. The SMILES string of the molecule is CCOC(=O)C(C#N)(CCC#N)CC(C)C#N. The lowest BCUT2D eigenvalue weighted by molar-refractivity contribution is -0.153. The van der Waals surface area contributed by atoms with Gasteiger partial charge in [0.05, 0.1) is 24.8 Å². The number of hydrogen-bond acceptors (Lipinski definition) is 5. The molecule has 0 fully saturated rings. The lowest BCUT2D eigenvalue weighted by atomic mass is 9.77. The maximum absolute atomic E-state index is 11.8. The van der Waals surface area contributed by atoms with Crippen molar-refractivity contribution < 1.29 is 9.53 Å². The number of nitrogens with zero attached hydrogens (tertiary/aromatic N) is 3. The number of hydrogen-bond donors (Lipinski definition) is 0. The van der Waals surface area contributed by atoms with Crippen molar-refractivity contribution in [1.29, 1.82) is 15.8 Å². The van der Waals surface area contributed by atoms with Crippen molar-refractivity contribution in [2.24, 2.45) is 11.3 Å². The average Bonchev–Trinajstić information content (AvgIpc) is 2.34. The highest BCUT2D eigenvalue weighted by molar-refractivity contribution is 5.80. The van der Waals surface area contributed by atoms with E-state index in [4.69, 9.17) is 15.3 Å². The van der Waals surface area contributed by atoms with E-state index >= 15 is 0 Å². The Morgan fingerprint density at radius 2 is 2.06 bits per heavy atom. The number of ether oxygens (including phenoxy) is 1. The van der Waals surface area contributed by atoms with Gasteiger partial charge in [-0.1, -0.05) is 0 Å². The van der Waals surface area contributed by atoms with Crippen LogP contribution in [0.25, 0.3) is 0 Å². The van der Waals surface area contributed by atoms with Crippen molar-refractivity contribution in [3.63, 3.8) is 0 Å². The molecule has 0 aromatic carbocycles. The fraction of sp³-hybridized carbons (Fsp3) is 0.667. The Morgan fingerprint density at radius 1 is 1.41 bits per heavy atom. The molecule has 0 aromatic rings. The van der Waals surface area contributed by atoms with Crippen molar-refractivity contribution in [3.8, 4) is 18.2 Å². The van der Waals surface area contributed by atoms with Crippen LogP contribution in [0, 0.1) is 45.3 Å². The number of carbonyl (C=O) groups is 1. The highest BCUT2D eigenvalue weighted by atomic mass is 16.5. The van der Waals surface area contributed by atoms with E-state index in [1.165, 1.54) is 0 Å². The fourth-order valence-corrected chi connectivity index (χ4v) is 1.54. The summed E-state index contributed by atoms with van der Waals surface area (Å²) in [6, 6.07) is 5.81. The van der Waals surface area contributed by atoms with Gasteiger partial charge in [-0.15, -0.1) is 0 Å². The van der Waals surface area contributed by atoms with Gasteiger partial charge in [0.25, 0.3) is 0 Å². The normalized spacial score (nSPS) is 14.5. The molecule has 0 aliphatic heterocycles. The minimum absolute atomic E-state index is 0.0878. The lowest BCUT2D eigenvalue weighted by Gasteiger charge is -2.24. The van der Waals surface area contributed by atoms with Crippen LogP contribution >= 0.6 is 0 Å². The molecule has 17 heavy (non-hydrogen) atoms. The maximum atomic E-state index is 11.8. The van der Waals surface area contributed by atoms with Gasteiger partial charge in [0.1, 0.15) is 0 Å². The summed E-state index contributed by atoms with van der Waals surface area (Å²) in [4.78, 5) is 11.8. The molecule has 0 aromatic heterocycles. The third kappa shape index (κ3) is 4.13. The van der Waals surface area contributed by atoms with E-state index in [0.717, 1.165) is 0 Å². The minimum Gasteiger partial charge on any atom is -0.465 e. The molecular weight excluding hydrogens is 218 g/mol. The summed E-state index contributed by atoms with van der Waals surface area (Å²) in [6.45, 7) is 3.46. The second kappa shape index (κ2) is 7.25. The summed E-state index contributed by atoms with van der Waals surface area (Å²) in [6.07, 6.45) is 0.288. The van der Waals surface area contributed by atoms with Gasteiger partial charge in [0.15, 0.2) is 5.41 Å². The van der Waals surface area contributed by atoms with E-state index in [-0.39, 0.29) is 25.9 Å². The summed E-state index contributed by atoms with van der Waals surface area (Å²) in [5, 5.41) is 26.5. The van der Waals surface area contributed by atoms with Gasteiger partial charge in [0.2, 0.25) is 0 Å². The van der Waals surface area contributed by atoms with E-state index in [9.17, 15) is 10.1 Å². The zero-order chi connectivity index (χ0) is 13.3. The Morgan fingerprint density at radius 3 is 2.47 bits per heavy atom. The zero-order valence-corrected chi connectivity index (χ0v) is 10.1. The summed E-state index contributed by atoms with van der Waals surface area (Å²) >= 11 is 0. The second-order valence-corrected chi connectivity index (χ2v) is 3.81. The molecule has 0 aliphatic rings. The molecule has 0 N–H and O–H groups in total. The summed E-state index contributed by atoms with van der Waals surface area (Å²) in [7, 11) is 0. The van der Waals surface area contributed by atoms with Crippen molar-refractivity contribution in [2.75, 3.05) is 6.61 Å². The van der Waals surface area contributed by atoms with Crippen LogP contribution in [0.5, 0.6) is 0 Å². The molecule has 0 aliphatic carbocycles. The van der Waals surface area contributed by atoms with Gasteiger partial charge in [-0.3, -0.25) is 4.79 Å². The van der Waals surface area contributed by atoms with Crippen LogP contribution in [0.3, 0.4) is 0 Å². The molecule has 0 saturated carbocycles. The molecule has 0 radical (unpaired) electrons. The van der Waals surface area contributed by atoms with Gasteiger partial charge < -0.3 is 4.74 Å². The summed E-state index contributed by atoms with van der Waals surface area (Å²) < 4.78 is 4.86. The molecule has 0 saturated heterocycles. The maximum Gasteiger partial charge on any atom is 0.326 e. The van der Waals surface area contributed by atoms with Gasteiger partial charge >= 0.3 is 5.97 Å². The molecule has 0 rings (SSSR count). The first kappa shape index (κ1) is 14.9. The monoisotopic (exact) mass is 233 g/mol. The Bertz CT molecular complexity index is 386. The van der Waals surface area contributed by atoms with Gasteiger partial charge in [-0.05, 0) is 26.7 Å². The van der Waals surface area contributed by atoms with E-state index in [1.54, 1.807) is 13.8 Å². The molecule has 0 bridgehead atoms. The Labute approximate surface area is 101 Å². The topological polar surface area (TPSA) is 97.7 Å². The second-order valence-electron chi connectivity index (χ2n) is 3.81. The van der Waals surface area contributed by atoms with E-state index in [2.05, 4.69) is 0 Å². The highest BCUT2D eigenvalue weighted by Gasteiger charge is 2.41. The van der Waals surface area contributed by atoms with Gasteiger partial charge in [0, 0.05) is 12.3 Å². The first-order valence-electron chi connectivity index (χ1n) is 5.41. The number of carbonyl (C=O) groups excluding carboxylic acids is 1. The van der Waals surface area contributed by atoms with Crippen molar-refractivity contribution in [3.05, 3.63) is 0 Å². The quantitative estimate of drug-likeness (QED) is 0.652. The zero-order valence-electron chi connectivity index (χ0n) is 10.1. The third-order valence-corrected chi connectivity index (χ3v) is 2.42. The summed E-state index contributed by atoms with van der Waals surface area (Å²) in [5.74, 6) is -1.07. The Balaban J connectivity index is 5.03. The van der Waals surface area contributed by atoms with Crippen molar-refractivity contribution in [1.82, 2.24) is 0 Å². The van der Waals surface area contributed by atoms with Crippen LogP contribution < -0.4 is 0 Å². The smallest absolute Gasteiger partial charge is 0.326 e. The van der Waals surface area contributed by atoms with Crippen LogP contribution in [0.2, 0.25) is 0 Å². The molecule has 5 heteroatoms. The molecule has 5 nitrogen and oxygen atoms in total. The molecule has 0 heterocycles. The largest absolute Gasteiger partial charge is 0.465 e. The number of rotatable bonds is 6. The van der Waals surface area contributed by atoms with Crippen LogP contribution in [-0.2, 0) is 9.53 Å². The first-order chi connectivity index (χ1) is 8.06. The van der Waals surface area contributed by atoms with Crippen molar-refractivity contribution in [2.45, 2.75) is 33.1 Å². The average molecular weight is 233 g/mol. The van der Waals surface area contributed by atoms with Crippen molar-refractivity contribution >= 4 is 5.97 Å². The number of esters is 1.